The lowest BCUT2D eigenvalue weighted by molar-refractivity contribution is 0.186. The van der Waals surface area contributed by atoms with E-state index in [0.717, 1.165) is 25.1 Å². The number of fused-ring (bicyclic) bond motifs is 1. The van der Waals surface area contributed by atoms with Crippen molar-refractivity contribution in [2.24, 2.45) is 5.41 Å². The summed E-state index contributed by atoms with van der Waals surface area (Å²) in [7, 11) is 0. The largest absolute Gasteiger partial charge is 0.489 e. The van der Waals surface area contributed by atoms with Crippen LogP contribution in [0.5, 0.6) is 5.75 Å². The number of hydrogen-bond donors (Lipinski definition) is 0. The average Bonchev–Trinajstić information content (AvgIpc) is 3.39. The predicted octanol–water partition coefficient (Wildman–Crippen LogP) is 6.81. The molecular weight excluding hydrogens is 378 g/mol. The molecule has 0 amide bonds. The fourth-order valence-corrected chi connectivity index (χ4v) is 5.06. The quantitative estimate of drug-likeness (QED) is 0.479. The highest BCUT2D eigenvalue weighted by molar-refractivity contribution is 5.37. The average molecular weight is 418 g/mol. The minimum Gasteiger partial charge on any atom is -0.489 e. The standard InChI is InChI=1S/C17H23NO.C12H16/c1-12-4-5-14(8-13(12)2)19-15-6-7-18(9-15)17-10-16(17,3)11-17;1-10(2)4-7-12-8-5-11(3)6-9-12/h4-5,8,15H,6-7,9-11H2,1-3H3;5-6,8-9H,1,4,7H2,2-3H3. The molecular formula is C29H39NO. The van der Waals surface area contributed by atoms with Gasteiger partial charge in [0, 0.05) is 18.6 Å². The molecule has 2 heteroatoms. The van der Waals surface area contributed by atoms with E-state index in [0.29, 0.717) is 17.1 Å². The van der Waals surface area contributed by atoms with E-state index in [1.54, 1.807) is 0 Å². The van der Waals surface area contributed by atoms with E-state index in [2.05, 4.69) is 88.6 Å². The van der Waals surface area contributed by atoms with Gasteiger partial charge in [0.2, 0.25) is 0 Å². The Morgan fingerprint density at radius 2 is 1.74 bits per heavy atom. The number of rotatable bonds is 6. The van der Waals surface area contributed by atoms with E-state index < -0.39 is 0 Å². The summed E-state index contributed by atoms with van der Waals surface area (Å²) in [6.45, 7) is 17.2. The van der Waals surface area contributed by atoms with E-state index in [1.807, 2.05) is 0 Å². The van der Waals surface area contributed by atoms with E-state index in [4.69, 9.17) is 4.74 Å². The minimum absolute atomic E-state index is 0.391. The molecule has 3 fully saturated rings. The molecule has 0 aromatic heterocycles. The molecule has 0 radical (unpaired) electrons. The first-order valence-electron chi connectivity index (χ1n) is 11.9. The normalized spacial score (nSPS) is 28.4. The number of nitrogens with zero attached hydrogens (tertiary/aromatic N) is 1. The van der Waals surface area contributed by atoms with Gasteiger partial charge in [-0.1, -0.05) is 48.4 Å². The first kappa shape index (κ1) is 22.1. The summed E-state index contributed by atoms with van der Waals surface area (Å²) in [4.78, 5) is 2.69. The van der Waals surface area contributed by atoms with E-state index in [9.17, 15) is 0 Å². The summed E-state index contributed by atoms with van der Waals surface area (Å²) < 4.78 is 6.17. The van der Waals surface area contributed by atoms with Gasteiger partial charge in [-0.3, -0.25) is 4.90 Å². The fraction of sp³-hybridized carbons (Fsp3) is 0.517. The number of ether oxygens (including phenoxy) is 1. The Bertz CT molecular complexity index is 936. The summed E-state index contributed by atoms with van der Waals surface area (Å²) in [6.07, 6.45) is 6.65. The van der Waals surface area contributed by atoms with Crippen LogP contribution in [-0.2, 0) is 6.42 Å². The first-order chi connectivity index (χ1) is 14.7. The smallest absolute Gasteiger partial charge is 0.120 e. The van der Waals surface area contributed by atoms with Gasteiger partial charge in [-0.2, -0.15) is 0 Å². The van der Waals surface area contributed by atoms with Crippen molar-refractivity contribution in [2.45, 2.75) is 78.4 Å². The zero-order valence-electron chi connectivity index (χ0n) is 20.1. The van der Waals surface area contributed by atoms with Crippen molar-refractivity contribution in [2.75, 3.05) is 13.1 Å². The summed E-state index contributed by atoms with van der Waals surface area (Å²) in [5, 5.41) is 0. The van der Waals surface area contributed by atoms with Crippen LogP contribution in [0.15, 0.2) is 54.6 Å². The number of hydrogen-bond acceptors (Lipinski definition) is 2. The van der Waals surface area contributed by atoms with Gasteiger partial charge in [0.1, 0.15) is 11.9 Å². The maximum atomic E-state index is 6.17. The SMILES string of the molecule is C=C(C)CCc1ccc(C)cc1.Cc1ccc(OC2CCN(C34CC3(C)C4)C2)cc1C. The van der Waals surface area contributed by atoms with E-state index in [1.165, 1.54) is 53.6 Å². The Labute approximate surface area is 189 Å². The van der Waals surface area contributed by atoms with Crippen molar-refractivity contribution in [3.05, 3.63) is 76.9 Å². The van der Waals surface area contributed by atoms with Gasteiger partial charge in [-0.15, -0.1) is 6.58 Å². The molecule has 5 rings (SSSR count). The molecule has 2 aliphatic carbocycles. The number of likely N-dealkylation sites (tertiary alicyclic amines) is 1. The molecule has 1 saturated heterocycles. The monoisotopic (exact) mass is 417 g/mol. The topological polar surface area (TPSA) is 12.5 Å². The zero-order valence-corrected chi connectivity index (χ0v) is 20.1. The van der Waals surface area contributed by atoms with Gasteiger partial charge in [0.25, 0.3) is 0 Å². The lowest BCUT2D eigenvalue weighted by atomic mass is 10.1. The van der Waals surface area contributed by atoms with Gasteiger partial charge in [-0.05, 0) is 94.0 Å². The molecule has 0 N–H and O–H groups in total. The minimum atomic E-state index is 0.391. The summed E-state index contributed by atoms with van der Waals surface area (Å²) >= 11 is 0. The molecule has 2 aromatic rings. The number of allylic oxidation sites excluding steroid dienone is 1. The third kappa shape index (κ3) is 4.90. The Morgan fingerprint density at radius 1 is 1.06 bits per heavy atom. The maximum absolute atomic E-state index is 6.17. The maximum Gasteiger partial charge on any atom is 0.120 e. The number of aryl methyl sites for hydroxylation is 4. The molecule has 1 atom stereocenters. The summed E-state index contributed by atoms with van der Waals surface area (Å²) in [6, 6.07) is 15.2. The van der Waals surface area contributed by atoms with Gasteiger partial charge in [0.15, 0.2) is 0 Å². The molecule has 31 heavy (non-hydrogen) atoms. The van der Waals surface area contributed by atoms with Gasteiger partial charge >= 0.3 is 0 Å². The molecule has 1 aliphatic heterocycles. The lowest BCUT2D eigenvalue weighted by Crippen LogP contribution is -2.31. The van der Waals surface area contributed by atoms with Crippen molar-refractivity contribution in [3.63, 3.8) is 0 Å². The van der Waals surface area contributed by atoms with Crippen LogP contribution in [-0.4, -0.2) is 29.6 Å². The van der Waals surface area contributed by atoms with Crippen LogP contribution >= 0.6 is 0 Å². The van der Waals surface area contributed by atoms with Crippen molar-refractivity contribution in [3.8, 4) is 5.75 Å². The predicted molar refractivity (Wildman–Crippen MR) is 131 cm³/mol. The highest BCUT2D eigenvalue weighted by Crippen LogP contribution is 2.81. The van der Waals surface area contributed by atoms with Gasteiger partial charge in [0.05, 0.1) is 0 Å². The molecule has 2 aromatic carbocycles. The summed E-state index contributed by atoms with van der Waals surface area (Å²) in [5.74, 6) is 1.04. The van der Waals surface area contributed by atoms with Gasteiger partial charge < -0.3 is 4.74 Å². The Hall–Kier alpha value is -2.06. The van der Waals surface area contributed by atoms with Crippen LogP contribution in [0.3, 0.4) is 0 Å². The molecule has 0 spiro atoms. The third-order valence-corrected chi connectivity index (χ3v) is 7.73. The van der Waals surface area contributed by atoms with Crippen molar-refractivity contribution in [1.29, 1.82) is 0 Å². The highest BCUT2D eigenvalue weighted by Gasteiger charge is 2.82. The van der Waals surface area contributed by atoms with Crippen LogP contribution in [0.1, 0.15) is 61.8 Å². The lowest BCUT2D eigenvalue weighted by Gasteiger charge is -2.20. The van der Waals surface area contributed by atoms with Crippen LogP contribution in [0.25, 0.3) is 0 Å². The Balaban J connectivity index is 0.000000168. The van der Waals surface area contributed by atoms with Crippen molar-refractivity contribution >= 4 is 0 Å². The highest BCUT2D eigenvalue weighted by atomic mass is 16.5. The molecule has 0 bridgehead atoms. The third-order valence-electron chi connectivity index (χ3n) is 7.73. The van der Waals surface area contributed by atoms with Crippen LogP contribution in [0, 0.1) is 26.2 Å². The zero-order chi connectivity index (χ0) is 22.2. The van der Waals surface area contributed by atoms with Crippen LogP contribution < -0.4 is 4.74 Å². The number of benzene rings is 2. The Kier molecular flexibility index (Phi) is 6.05. The van der Waals surface area contributed by atoms with Crippen molar-refractivity contribution < 1.29 is 4.74 Å². The molecule has 1 heterocycles. The van der Waals surface area contributed by atoms with E-state index in [-0.39, 0.29) is 0 Å². The second-order valence-electron chi connectivity index (χ2n) is 10.6. The first-order valence-corrected chi connectivity index (χ1v) is 11.9. The fourth-order valence-electron chi connectivity index (χ4n) is 5.06. The molecule has 2 nitrogen and oxygen atoms in total. The second-order valence-corrected chi connectivity index (χ2v) is 10.6. The van der Waals surface area contributed by atoms with Crippen molar-refractivity contribution in [1.82, 2.24) is 4.90 Å². The molecule has 1 unspecified atom stereocenters. The molecule has 2 saturated carbocycles. The Morgan fingerprint density at radius 3 is 2.32 bits per heavy atom. The van der Waals surface area contributed by atoms with E-state index >= 15 is 0 Å². The molecule has 3 aliphatic rings. The molecule has 166 valence electrons. The second kappa shape index (κ2) is 8.47. The van der Waals surface area contributed by atoms with Gasteiger partial charge in [-0.25, -0.2) is 0 Å². The summed E-state index contributed by atoms with van der Waals surface area (Å²) in [5.41, 5.74) is 7.94. The van der Waals surface area contributed by atoms with Crippen LogP contribution in [0.2, 0.25) is 0 Å². The van der Waals surface area contributed by atoms with Crippen LogP contribution in [0.4, 0.5) is 0 Å².